The first-order valence-electron chi connectivity index (χ1n) is 5.84. The molecule has 3 nitrogen and oxygen atoms in total. The van der Waals surface area contributed by atoms with Crippen molar-refractivity contribution in [3.05, 3.63) is 29.8 Å². The lowest BCUT2D eigenvalue weighted by molar-refractivity contribution is -0.133. The predicted octanol–water partition coefficient (Wildman–Crippen LogP) is 1.82. The van der Waals surface area contributed by atoms with Crippen LogP contribution in [0.2, 0.25) is 0 Å². The van der Waals surface area contributed by atoms with Gasteiger partial charge in [-0.3, -0.25) is 4.79 Å². The minimum absolute atomic E-state index is 0.297. The van der Waals surface area contributed by atoms with Gasteiger partial charge in [-0.1, -0.05) is 18.2 Å². The van der Waals surface area contributed by atoms with E-state index in [4.69, 9.17) is 4.74 Å². The van der Waals surface area contributed by atoms with Crippen LogP contribution in [0.15, 0.2) is 24.3 Å². The molecule has 0 N–H and O–H groups in total. The first kappa shape index (κ1) is 9.70. The van der Waals surface area contributed by atoms with Crippen molar-refractivity contribution in [3.63, 3.8) is 0 Å². The molecule has 0 atom stereocenters. The quantitative estimate of drug-likeness (QED) is 0.718. The van der Waals surface area contributed by atoms with Gasteiger partial charge in [0.05, 0.1) is 6.54 Å². The van der Waals surface area contributed by atoms with Gasteiger partial charge in [-0.25, -0.2) is 0 Å². The molecule has 84 valence electrons. The minimum atomic E-state index is 0.297. The predicted molar refractivity (Wildman–Crippen MR) is 60.1 cm³/mol. The maximum atomic E-state index is 12.0. The second-order valence-electron chi connectivity index (χ2n) is 4.49. The van der Waals surface area contributed by atoms with E-state index in [1.165, 1.54) is 0 Å². The van der Waals surface area contributed by atoms with Crippen LogP contribution >= 0.6 is 0 Å². The summed E-state index contributed by atoms with van der Waals surface area (Å²) in [6.07, 6.45) is 2.13. The van der Waals surface area contributed by atoms with Crippen LogP contribution in [0.1, 0.15) is 18.4 Å². The molecule has 0 radical (unpaired) electrons. The molecule has 1 aliphatic carbocycles. The highest BCUT2D eigenvalue weighted by atomic mass is 16.5. The van der Waals surface area contributed by atoms with Crippen molar-refractivity contribution >= 4 is 5.91 Å². The zero-order valence-corrected chi connectivity index (χ0v) is 9.19. The maximum Gasteiger partial charge on any atom is 0.226 e. The fourth-order valence-corrected chi connectivity index (χ4v) is 2.10. The van der Waals surface area contributed by atoms with E-state index in [2.05, 4.69) is 0 Å². The summed E-state index contributed by atoms with van der Waals surface area (Å²) in [4.78, 5) is 13.9. The summed E-state index contributed by atoms with van der Waals surface area (Å²) in [5.74, 6) is 1.53. The molecule has 3 rings (SSSR count). The van der Waals surface area contributed by atoms with E-state index >= 15 is 0 Å². The summed E-state index contributed by atoms with van der Waals surface area (Å²) in [7, 11) is 0. The van der Waals surface area contributed by atoms with E-state index in [9.17, 15) is 4.79 Å². The molecule has 16 heavy (non-hydrogen) atoms. The molecule has 2 aliphatic rings. The van der Waals surface area contributed by atoms with Crippen LogP contribution in [0.25, 0.3) is 0 Å². The molecule has 0 bridgehead atoms. The zero-order chi connectivity index (χ0) is 11.0. The Kier molecular flexibility index (Phi) is 2.31. The average molecular weight is 217 g/mol. The Morgan fingerprint density at radius 1 is 1.31 bits per heavy atom. The molecular formula is C13H15NO2. The molecule has 0 aromatic heterocycles. The van der Waals surface area contributed by atoms with Crippen molar-refractivity contribution in [1.82, 2.24) is 4.90 Å². The SMILES string of the molecule is O=C(C1CC1)N1CCOc2ccccc2C1. The topological polar surface area (TPSA) is 29.5 Å². The Morgan fingerprint density at radius 2 is 2.12 bits per heavy atom. The third kappa shape index (κ3) is 1.77. The lowest BCUT2D eigenvalue weighted by Gasteiger charge is -2.19. The van der Waals surface area contributed by atoms with E-state index in [1.807, 2.05) is 29.2 Å². The van der Waals surface area contributed by atoms with Gasteiger partial charge in [0, 0.05) is 18.0 Å². The number of amides is 1. The number of carbonyl (C=O) groups is 1. The lowest BCUT2D eigenvalue weighted by Crippen LogP contribution is -2.33. The van der Waals surface area contributed by atoms with Gasteiger partial charge in [-0.15, -0.1) is 0 Å². The monoisotopic (exact) mass is 217 g/mol. The van der Waals surface area contributed by atoms with Gasteiger partial charge in [-0.2, -0.15) is 0 Å². The van der Waals surface area contributed by atoms with E-state index in [0.29, 0.717) is 31.5 Å². The molecular weight excluding hydrogens is 202 g/mol. The maximum absolute atomic E-state index is 12.0. The first-order valence-corrected chi connectivity index (χ1v) is 5.84. The molecule has 1 aliphatic heterocycles. The van der Waals surface area contributed by atoms with E-state index in [-0.39, 0.29) is 0 Å². The van der Waals surface area contributed by atoms with Gasteiger partial charge in [0.15, 0.2) is 0 Å². The molecule has 0 spiro atoms. The normalized spacial score (nSPS) is 19.6. The first-order chi connectivity index (χ1) is 7.84. The van der Waals surface area contributed by atoms with Crippen molar-refractivity contribution in [3.8, 4) is 5.75 Å². The van der Waals surface area contributed by atoms with Gasteiger partial charge in [0.2, 0.25) is 5.91 Å². The van der Waals surface area contributed by atoms with Crippen LogP contribution in [0.5, 0.6) is 5.75 Å². The summed E-state index contributed by atoms with van der Waals surface area (Å²) in [5.41, 5.74) is 1.12. The fraction of sp³-hybridized carbons (Fsp3) is 0.462. The van der Waals surface area contributed by atoms with Gasteiger partial charge < -0.3 is 9.64 Å². The molecule has 1 fully saturated rings. The number of hydrogen-bond acceptors (Lipinski definition) is 2. The van der Waals surface area contributed by atoms with Crippen LogP contribution in [0.4, 0.5) is 0 Å². The van der Waals surface area contributed by atoms with Crippen LogP contribution in [-0.2, 0) is 11.3 Å². The van der Waals surface area contributed by atoms with Crippen LogP contribution in [0, 0.1) is 5.92 Å². The molecule has 1 saturated carbocycles. The number of rotatable bonds is 1. The minimum Gasteiger partial charge on any atom is -0.491 e. The largest absolute Gasteiger partial charge is 0.491 e. The lowest BCUT2D eigenvalue weighted by atomic mass is 10.2. The third-order valence-corrected chi connectivity index (χ3v) is 3.19. The van der Waals surface area contributed by atoms with E-state index < -0.39 is 0 Å². The smallest absolute Gasteiger partial charge is 0.226 e. The number of ether oxygens (including phenoxy) is 1. The second kappa shape index (κ2) is 3.81. The highest BCUT2D eigenvalue weighted by Crippen LogP contribution is 2.32. The molecule has 1 heterocycles. The summed E-state index contributed by atoms with van der Waals surface area (Å²) in [6.45, 7) is 2.02. The number of hydrogen-bond donors (Lipinski definition) is 0. The van der Waals surface area contributed by atoms with Gasteiger partial charge in [0.1, 0.15) is 12.4 Å². The number of benzene rings is 1. The van der Waals surface area contributed by atoms with Crippen LogP contribution in [0.3, 0.4) is 0 Å². The van der Waals surface area contributed by atoms with Crippen molar-refractivity contribution in [2.75, 3.05) is 13.2 Å². The Morgan fingerprint density at radius 3 is 2.94 bits per heavy atom. The van der Waals surface area contributed by atoms with Crippen molar-refractivity contribution in [1.29, 1.82) is 0 Å². The Balaban J connectivity index is 1.81. The number of nitrogens with zero attached hydrogens (tertiary/aromatic N) is 1. The fourth-order valence-electron chi connectivity index (χ4n) is 2.10. The molecule has 0 saturated heterocycles. The van der Waals surface area contributed by atoms with Crippen LogP contribution < -0.4 is 4.74 Å². The Hall–Kier alpha value is -1.51. The van der Waals surface area contributed by atoms with Crippen LogP contribution in [-0.4, -0.2) is 24.0 Å². The van der Waals surface area contributed by atoms with Gasteiger partial charge in [0.25, 0.3) is 0 Å². The third-order valence-electron chi connectivity index (χ3n) is 3.19. The van der Waals surface area contributed by atoms with Crippen molar-refractivity contribution in [2.45, 2.75) is 19.4 Å². The summed E-state index contributed by atoms with van der Waals surface area (Å²) in [5, 5.41) is 0. The number of para-hydroxylation sites is 1. The second-order valence-corrected chi connectivity index (χ2v) is 4.49. The Labute approximate surface area is 95.0 Å². The van der Waals surface area contributed by atoms with Gasteiger partial charge >= 0.3 is 0 Å². The summed E-state index contributed by atoms with van der Waals surface area (Å²) in [6, 6.07) is 7.97. The van der Waals surface area contributed by atoms with Gasteiger partial charge in [-0.05, 0) is 18.9 Å². The Bertz CT molecular complexity index is 412. The molecule has 1 amide bonds. The van der Waals surface area contributed by atoms with E-state index in [1.54, 1.807) is 0 Å². The molecule has 0 unspecified atom stereocenters. The highest BCUT2D eigenvalue weighted by molar-refractivity contribution is 5.81. The van der Waals surface area contributed by atoms with E-state index in [0.717, 1.165) is 24.2 Å². The molecule has 1 aromatic rings. The standard InChI is InChI=1S/C13H15NO2/c15-13(10-5-6-10)14-7-8-16-12-4-2-1-3-11(12)9-14/h1-4,10H,5-9H2. The number of carbonyl (C=O) groups excluding carboxylic acids is 1. The zero-order valence-electron chi connectivity index (χ0n) is 9.19. The summed E-state index contributed by atoms with van der Waals surface area (Å²) >= 11 is 0. The number of fused-ring (bicyclic) bond motifs is 1. The average Bonchev–Trinajstić information content (AvgIpc) is 3.14. The highest BCUT2D eigenvalue weighted by Gasteiger charge is 2.34. The van der Waals surface area contributed by atoms with Crippen molar-refractivity contribution < 1.29 is 9.53 Å². The summed E-state index contributed by atoms with van der Waals surface area (Å²) < 4.78 is 5.64. The molecule has 1 aromatic carbocycles. The van der Waals surface area contributed by atoms with Crippen molar-refractivity contribution in [2.24, 2.45) is 5.92 Å². The molecule has 3 heteroatoms.